The fourth-order valence-electron chi connectivity index (χ4n) is 2.36. The van der Waals surface area contributed by atoms with Gasteiger partial charge in [0, 0.05) is 18.1 Å². The molecule has 0 fully saturated rings. The molecule has 0 bridgehead atoms. The maximum Gasteiger partial charge on any atom is 0.275 e. The van der Waals surface area contributed by atoms with Crippen molar-refractivity contribution in [2.45, 2.75) is 13.0 Å². The Morgan fingerprint density at radius 3 is 2.83 bits per heavy atom. The average molecular weight is 391 g/mol. The van der Waals surface area contributed by atoms with Crippen LogP contribution in [0.5, 0.6) is 5.88 Å². The third kappa shape index (κ3) is 5.73. The van der Waals surface area contributed by atoms with Crippen LogP contribution in [-0.4, -0.2) is 32.4 Å². The molecule has 0 spiro atoms. The lowest BCUT2D eigenvalue weighted by Gasteiger charge is -2.09. The van der Waals surface area contributed by atoms with Crippen molar-refractivity contribution in [2.75, 3.05) is 23.0 Å². The van der Waals surface area contributed by atoms with Crippen LogP contribution in [0.3, 0.4) is 0 Å². The van der Waals surface area contributed by atoms with Crippen LogP contribution in [-0.2, 0) is 6.54 Å². The maximum absolute atomic E-state index is 12.4. The number of nitrogens with one attached hydrogen (secondary N) is 2. The summed E-state index contributed by atoms with van der Waals surface area (Å²) in [6.45, 7) is 4.51. The second-order valence-corrected chi connectivity index (χ2v) is 5.95. The molecule has 29 heavy (non-hydrogen) atoms. The van der Waals surface area contributed by atoms with Crippen molar-refractivity contribution in [3.05, 3.63) is 73.1 Å². The van der Waals surface area contributed by atoms with Crippen molar-refractivity contribution in [3.63, 3.8) is 0 Å². The van der Waals surface area contributed by atoms with E-state index in [0.717, 1.165) is 11.4 Å². The van der Waals surface area contributed by atoms with Crippen molar-refractivity contribution < 1.29 is 9.53 Å². The number of carbonyl (C=O) groups excluding carboxylic acids is 1. The van der Waals surface area contributed by atoms with E-state index < -0.39 is 0 Å². The Hall–Kier alpha value is -4.01. The lowest BCUT2D eigenvalue weighted by molar-refractivity contribution is 0.102. The number of nitrogens with two attached hydrogens (primary N) is 1. The van der Waals surface area contributed by atoms with Crippen LogP contribution in [0.25, 0.3) is 0 Å². The van der Waals surface area contributed by atoms with Gasteiger partial charge in [0.1, 0.15) is 11.5 Å². The lowest BCUT2D eigenvalue weighted by atomic mass is 10.3. The molecule has 9 nitrogen and oxygen atoms in total. The Labute approximate surface area is 168 Å². The zero-order chi connectivity index (χ0) is 20.5. The van der Waals surface area contributed by atoms with Crippen LogP contribution in [0.2, 0.25) is 0 Å². The lowest BCUT2D eigenvalue weighted by Crippen LogP contribution is -2.15. The molecule has 9 heteroatoms. The molecular formula is C20H21N7O2. The highest BCUT2D eigenvalue weighted by Crippen LogP contribution is 2.16. The molecule has 0 saturated heterocycles. The molecule has 3 rings (SSSR count). The highest BCUT2D eigenvalue weighted by Gasteiger charge is 2.10. The second-order valence-electron chi connectivity index (χ2n) is 5.95. The molecule has 1 amide bonds. The van der Waals surface area contributed by atoms with Crippen molar-refractivity contribution in [1.82, 2.24) is 19.9 Å². The summed E-state index contributed by atoms with van der Waals surface area (Å²) in [6.07, 6.45) is 8.47. The van der Waals surface area contributed by atoms with E-state index in [-0.39, 0.29) is 11.6 Å². The first-order chi connectivity index (χ1) is 14.2. The molecule has 3 aromatic rings. The summed E-state index contributed by atoms with van der Waals surface area (Å²) in [5, 5.41) is 5.94. The second kappa shape index (κ2) is 9.79. The Bertz CT molecular complexity index is 977. The highest BCUT2D eigenvalue weighted by molar-refractivity contribution is 6.02. The first-order valence-corrected chi connectivity index (χ1v) is 8.92. The number of pyridine rings is 2. The molecule has 148 valence electrons. The van der Waals surface area contributed by atoms with Crippen molar-refractivity contribution in [1.29, 1.82) is 0 Å². The smallest absolute Gasteiger partial charge is 0.275 e. The topological polar surface area (TPSA) is 128 Å². The van der Waals surface area contributed by atoms with Crippen LogP contribution in [0.1, 0.15) is 22.6 Å². The third-order valence-electron chi connectivity index (χ3n) is 3.81. The predicted octanol–water partition coefficient (Wildman–Crippen LogP) is 2.67. The van der Waals surface area contributed by atoms with E-state index in [2.05, 4.69) is 37.1 Å². The number of amides is 1. The molecule has 0 unspecified atom stereocenters. The van der Waals surface area contributed by atoms with Gasteiger partial charge in [-0.2, -0.15) is 0 Å². The van der Waals surface area contributed by atoms with Gasteiger partial charge >= 0.3 is 0 Å². The number of hydrogen-bond acceptors (Lipinski definition) is 8. The quantitative estimate of drug-likeness (QED) is 0.375. The van der Waals surface area contributed by atoms with Crippen LogP contribution < -0.4 is 21.1 Å². The minimum Gasteiger partial charge on any atom is -0.476 e. The van der Waals surface area contributed by atoms with Crippen LogP contribution >= 0.6 is 0 Å². The number of hydrogen-bond donors (Lipinski definition) is 3. The maximum atomic E-state index is 12.4. The fourth-order valence-corrected chi connectivity index (χ4v) is 2.36. The number of rotatable bonds is 9. The molecule has 0 atom stereocenters. The standard InChI is InChI=1S/C20H21N7O2/c1-2-3-9-29-18-13-25-17(12-26-18)20(28)27-14-6-8-22-15(10-14)11-24-16-5-4-7-23-19(16)21/h2,4-8,10,12-13,24H,1,3,9,11H2,(H2,21,23)(H,22,27,28). The number of carbonyl (C=O) groups is 1. The summed E-state index contributed by atoms with van der Waals surface area (Å²) in [4.78, 5) is 28.9. The number of nitrogen functional groups attached to an aromatic ring is 1. The third-order valence-corrected chi connectivity index (χ3v) is 3.81. The molecular weight excluding hydrogens is 370 g/mol. The van der Waals surface area contributed by atoms with Gasteiger partial charge < -0.3 is 21.1 Å². The SMILES string of the molecule is C=CCCOc1cnc(C(=O)Nc2ccnc(CNc3cccnc3N)c2)cn1. The highest BCUT2D eigenvalue weighted by atomic mass is 16.5. The van der Waals surface area contributed by atoms with E-state index in [1.807, 2.05) is 6.07 Å². The Morgan fingerprint density at radius 1 is 1.17 bits per heavy atom. The largest absolute Gasteiger partial charge is 0.476 e. The molecule has 0 aliphatic heterocycles. The Morgan fingerprint density at radius 2 is 2.07 bits per heavy atom. The van der Waals surface area contributed by atoms with Crippen molar-refractivity contribution in [3.8, 4) is 5.88 Å². The van der Waals surface area contributed by atoms with Crippen LogP contribution in [0.15, 0.2) is 61.7 Å². The normalized spacial score (nSPS) is 10.2. The fraction of sp³-hybridized carbons (Fsp3) is 0.150. The molecule has 3 heterocycles. The van der Waals surface area contributed by atoms with Gasteiger partial charge in [0.2, 0.25) is 5.88 Å². The van der Waals surface area contributed by atoms with Gasteiger partial charge in [0.05, 0.1) is 36.9 Å². The monoisotopic (exact) mass is 391 g/mol. The molecule has 0 aromatic carbocycles. The summed E-state index contributed by atoms with van der Waals surface area (Å²) in [5.41, 5.74) is 8.03. The van der Waals surface area contributed by atoms with Gasteiger partial charge in [0.25, 0.3) is 5.91 Å². The molecule has 4 N–H and O–H groups in total. The molecule has 0 saturated carbocycles. The number of ether oxygens (including phenoxy) is 1. The summed E-state index contributed by atoms with van der Waals surface area (Å²) < 4.78 is 5.38. The summed E-state index contributed by atoms with van der Waals surface area (Å²) in [6, 6.07) is 7.08. The first-order valence-electron chi connectivity index (χ1n) is 8.92. The number of nitrogens with zero attached hydrogens (tertiary/aromatic N) is 4. The van der Waals surface area contributed by atoms with Gasteiger partial charge in [-0.15, -0.1) is 6.58 Å². The van der Waals surface area contributed by atoms with E-state index in [9.17, 15) is 4.79 Å². The van der Waals surface area contributed by atoms with E-state index in [1.165, 1.54) is 12.4 Å². The minimum absolute atomic E-state index is 0.181. The van der Waals surface area contributed by atoms with Crippen LogP contribution in [0, 0.1) is 0 Å². The van der Waals surface area contributed by atoms with Gasteiger partial charge in [-0.1, -0.05) is 6.08 Å². The molecule has 0 aliphatic carbocycles. The minimum atomic E-state index is -0.378. The predicted molar refractivity (Wildman–Crippen MR) is 111 cm³/mol. The Balaban J connectivity index is 1.58. The van der Waals surface area contributed by atoms with E-state index in [0.29, 0.717) is 37.0 Å². The molecule has 0 aliphatic rings. The number of anilines is 3. The molecule has 3 aromatic heterocycles. The van der Waals surface area contributed by atoms with Gasteiger partial charge in [-0.05, 0) is 30.7 Å². The van der Waals surface area contributed by atoms with Gasteiger partial charge in [-0.3, -0.25) is 9.78 Å². The van der Waals surface area contributed by atoms with Crippen molar-refractivity contribution in [2.24, 2.45) is 0 Å². The van der Waals surface area contributed by atoms with Crippen molar-refractivity contribution >= 4 is 23.1 Å². The first kappa shape index (κ1) is 19.7. The zero-order valence-corrected chi connectivity index (χ0v) is 15.7. The van der Waals surface area contributed by atoms with E-state index in [1.54, 1.807) is 36.7 Å². The van der Waals surface area contributed by atoms with E-state index in [4.69, 9.17) is 10.5 Å². The number of aromatic nitrogens is 4. The summed E-state index contributed by atoms with van der Waals surface area (Å²) >= 11 is 0. The van der Waals surface area contributed by atoms with Gasteiger partial charge in [-0.25, -0.2) is 15.0 Å². The zero-order valence-electron chi connectivity index (χ0n) is 15.7. The van der Waals surface area contributed by atoms with E-state index >= 15 is 0 Å². The van der Waals surface area contributed by atoms with Gasteiger partial charge in [0.15, 0.2) is 0 Å². The summed E-state index contributed by atoms with van der Waals surface area (Å²) in [7, 11) is 0. The average Bonchev–Trinajstić information content (AvgIpc) is 2.74. The Kier molecular flexibility index (Phi) is 6.66. The van der Waals surface area contributed by atoms with Crippen LogP contribution in [0.4, 0.5) is 17.2 Å². The summed E-state index contributed by atoms with van der Waals surface area (Å²) in [5.74, 6) is 0.388. The molecule has 0 radical (unpaired) electrons.